The molecule has 2 saturated carbocycles. The summed E-state index contributed by atoms with van der Waals surface area (Å²) < 4.78 is 13.4. The summed E-state index contributed by atoms with van der Waals surface area (Å²) in [5, 5.41) is 0. The SMILES string of the molecule is CCO[Si](OCC)(C1C(CC)CC1CC)C1C(CC)CC1CC. The molecule has 2 fully saturated rings. The molecule has 0 N–H and O–H groups in total. The molecule has 136 valence electrons. The van der Waals surface area contributed by atoms with E-state index in [2.05, 4.69) is 41.5 Å². The molecule has 2 aliphatic carbocycles. The Kier molecular flexibility index (Phi) is 7.18. The molecule has 0 bridgehead atoms. The molecule has 0 amide bonds. The highest BCUT2D eigenvalue weighted by Gasteiger charge is 2.66. The van der Waals surface area contributed by atoms with E-state index in [1.165, 1.54) is 38.5 Å². The van der Waals surface area contributed by atoms with Crippen molar-refractivity contribution >= 4 is 8.56 Å². The fraction of sp³-hybridized carbons (Fsp3) is 1.00. The maximum atomic E-state index is 6.72. The van der Waals surface area contributed by atoms with Crippen molar-refractivity contribution < 1.29 is 8.85 Å². The molecule has 4 unspecified atom stereocenters. The Hall–Kier alpha value is 0.137. The summed E-state index contributed by atoms with van der Waals surface area (Å²) in [7, 11) is -2.16. The summed E-state index contributed by atoms with van der Waals surface area (Å²) >= 11 is 0. The smallest absolute Gasteiger partial charge is 0.345 e. The van der Waals surface area contributed by atoms with E-state index < -0.39 is 8.56 Å². The van der Waals surface area contributed by atoms with Gasteiger partial charge >= 0.3 is 8.56 Å². The van der Waals surface area contributed by atoms with Gasteiger partial charge in [-0.15, -0.1) is 0 Å². The average molecular weight is 341 g/mol. The summed E-state index contributed by atoms with van der Waals surface area (Å²) in [6.07, 6.45) is 8.03. The van der Waals surface area contributed by atoms with Crippen molar-refractivity contribution in [2.24, 2.45) is 23.7 Å². The van der Waals surface area contributed by atoms with Gasteiger partial charge in [0.25, 0.3) is 0 Å². The lowest BCUT2D eigenvalue weighted by Crippen LogP contribution is -2.64. The zero-order chi connectivity index (χ0) is 17.0. The molecule has 0 spiro atoms. The van der Waals surface area contributed by atoms with Crippen molar-refractivity contribution in [3.8, 4) is 0 Å². The van der Waals surface area contributed by atoms with Crippen LogP contribution in [0.3, 0.4) is 0 Å². The molecule has 0 radical (unpaired) electrons. The quantitative estimate of drug-likeness (QED) is 0.444. The molecule has 0 saturated heterocycles. The molecule has 0 aromatic rings. The second kappa shape index (κ2) is 8.49. The van der Waals surface area contributed by atoms with Gasteiger partial charge in [-0.3, -0.25) is 0 Å². The topological polar surface area (TPSA) is 18.5 Å². The maximum Gasteiger partial charge on any atom is 0.345 e. The third kappa shape index (κ3) is 3.30. The first-order valence-electron chi connectivity index (χ1n) is 10.4. The third-order valence-electron chi connectivity index (χ3n) is 7.01. The van der Waals surface area contributed by atoms with Gasteiger partial charge in [0.05, 0.1) is 0 Å². The first kappa shape index (κ1) is 19.5. The van der Waals surface area contributed by atoms with Crippen LogP contribution in [0.25, 0.3) is 0 Å². The van der Waals surface area contributed by atoms with Crippen molar-refractivity contribution in [1.29, 1.82) is 0 Å². The van der Waals surface area contributed by atoms with E-state index in [1.807, 2.05) is 0 Å². The lowest BCUT2D eigenvalue weighted by molar-refractivity contribution is 0.0428. The molecular weight excluding hydrogens is 300 g/mol. The van der Waals surface area contributed by atoms with Gasteiger partial charge in [-0.05, 0) is 50.4 Å². The fourth-order valence-electron chi connectivity index (χ4n) is 5.84. The normalized spacial score (nSPS) is 37.3. The van der Waals surface area contributed by atoms with Gasteiger partial charge in [-0.1, -0.05) is 53.4 Å². The molecule has 2 nitrogen and oxygen atoms in total. The van der Waals surface area contributed by atoms with Crippen LogP contribution >= 0.6 is 0 Å². The van der Waals surface area contributed by atoms with Gasteiger partial charge in [-0.25, -0.2) is 0 Å². The van der Waals surface area contributed by atoms with Crippen molar-refractivity contribution in [3.05, 3.63) is 0 Å². The minimum absolute atomic E-state index is 0.741. The van der Waals surface area contributed by atoms with Crippen molar-refractivity contribution in [2.45, 2.75) is 91.1 Å². The molecule has 0 aromatic heterocycles. The van der Waals surface area contributed by atoms with Crippen LogP contribution in [0.1, 0.15) is 80.1 Å². The molecule has 0 aromatic carbocycles. The highest BCUT2D eigenvalue weighted by atomic mass is 28.4. The molecule has 4 atom stereocenters. The van der Waals surface area contributed by atoms with Crippen LogP contribution in [0.2, 0.25) is 11.1 Å². The largest absolute Gasteiger partial charge is 0.394 e. The van der Waals surface area contributed by atoms with Crippen molar-refractivity contribution in [1.82, 2.24) is 0 Å². The van der Waals surface area contributed by atoms with E-state index >= 15 is 0 Å². The van der Waals surface area contributed by atoms with Crippen LogP contribution in [-0.2, 0) is 8.85 Å². The van der Waals surface area contributed by atoms with Crippen LogP contribution < -0.4 is 0 Å². The molecular formula is C20H40O2Si. The van der Waals surface area contributed by atoms with Crippen LogP contribution in [0.4, 0.5) is 0 Å². The van der Waals surface area contributed by atoms with E-state index in [-0.39, 0.29) is 0 Å². The Morgan fingerprint density at radius 3 is 1.13 bits per heavy atom. The van der Waals surface area contributed by atoms with Gasteiger partial charge in [0.1, 0.15) is 0 Å². The van der Waals surface area contributed by atoms with Crippen molar-refractivity contribution in [3.63, 3.8) is 0 Å². The Morgan fingerprint density at radius 2 is 0.913 bits per heavy atom. The fourth-order valence-corrected chi connectivity index (χ4v) is 12.2. The second-order valence-corrected chi connectivity index (χ2v) is 11.1. The summed E-state index contributed by atoms with van der Waals surface area (Å²) in [5.74, 6) is 3.39. The van der Waals surface area contributed by atoms with Crippen LogP contribution in [-0.4, -0.2) is 21.8 Å². The van der Waals surface area contributed by atoms with E-state index in [4.69, 9.17) is 8.85 Å². The zero-order valence-corrected chi connectivity index (χ0v) is 17.4. The molecule has 23 heavy (non-hydrogen) atoms. The number of hydrogen-bond donors (Lipinski definition) is 0. The highest BCUT2D eigenvalue weighted by Crippen LogP contribution is 2.64. The van der Waals surface area contributed by atoms with E-state index in [0.29, 0.717) is 0 Å². The van der Waals surface area contributed by atoms with Gasteiger partial charge in [0, 0.05) is 24.3 Å². The maximum absolute atomic E-state index is 6.72. The Balaban J connectivity index is 2.37. The second-order valence-electron chi connectivity index (χ2n) is 7.78. The summed E-state index contributed by atoms with van der Waals surface area (Å²) in [6.45, 7) is 15.5. The predicted octanol–water partition coefficient (Wildman–Crippen LogP) is 6.15. The average Bonchev–Trinajstić information content (AvgIpc) is 2.47. The van der Waals surface area contributed by atoms with Gasteiger partial charge in [0.15, 0.2) is 0 Å². The first-order chi connectivity index (χ1) is 11.1. The molecule has 2 aliphatic rings. The minimum Gasteiger partial charge on any atom is -0.394 e. The molecule has 2 rings (SSSR count). The molecule has 0 aliphatic heterocycles. The van der Waals surface area contributed by atoms with Gasteiger partial charge < -0.3 is 8.85 Å². The molecule has 3 heteroatoms. The van der Waals surface area contributed by atoms with E-state index in [9.17, 15) is 0 Å². The standard InChI is InChI=1S/C20H40O2Si/c1-7-15-13-16(8-2)19(15)23(21-11-5,22-12-6)20-17(9-3)14-18(20)10-4/h15-20H,7-14H2,1-6H3. The molecule has 0 heterocycles. The predicted molar refractivity (Wildman–Crippen MR) is 101 cm³/mol. The Bertz CT molecular complexity index is 306. The van der Waals surface area contributed by atoms with Gasteiger partial charge in [-0.2, -0.15) is 0 Å². The monoisotopic (exact) mass is 340 g/mol. The summed E-state index contributed by atoms with van der Waals surface area (Å²) in [6, 6.07) is 0. The number of hydrogen-bond acceptors (Lipinski definition) is 2. The number of rotatable bonds is 10. The van der Waals surface area contributed by atoms with E-state index in [0.717, 1.165) is 48.0 Å². The van der Waals surface area contributed by atoms with Crippen LogP contribution in [0, 0.1) is 23.7 Å². The van der Waals surface area contributed by atoms with Crippen LogP contribution in [0.5, 0.6) is 0 Å². The van der Waals surface area contributed by atoms with E-state index in [1.54, 1.807) is 0 Å². The Labute approximate surface area is 146 Å². The van der Waals surface area contributed by atoms with Gasteiger partial charge in [0.2, 0.25) is 0 Å². The summed E-state index contributed by atoms with van der Waals surface area (Å²) in [4.78, 5) is 0. The Morgan fingerprint density at radius 1 is 0.609 bits per heavy atom. The zero-order valence-electron chi connectivity index (χ0n) is 16.4. The van der Waals surface area contributed by atoms with Crippen molar-refractivity contribution in [2.75, 3.05) is 13.2 Å². The lowest BCUT2D eigenvalue weighted by atomic mass is 9.70. The highest BCUT2D eigenvalue weighted by molar-refractivity contribution is 6.71. The summed E-state index contributed by atoms with van der Waals surface area (Å²) in [5.41, 5.74) is 1.48. The minimum atomic E-state index is -2.16. The third-order valence-corrected chi connectivity index (χ3v) is 12.2. The first-order valence-corrected chi connectivity index (χ1v) is 12.4. The van der Waals surface area contributed by atoms with Crippen LogP contribution in [0.15, 0.2) is 0 Å². The lowest BCUT2D eigenvalue weighted by Gasteiger charge is -2.60.